The molecule has 3 nitrogen and oxygen atoms in total. The Morgan fingerprint density at radius 3 is 2.35 bits per heavy atom. The van der Waals surface area contributed by atoms with Crippen molar-refractivity contribution in [3.8, 4) is 0 Å². The summed E-state index contributed by atoms with van der Waals surface area (Å²) in [4.78, 5) is 0. The van der Waals surface area contributed by atoms with Gasteiger partial charge in [-0.05, 0) is 39.7 Å². The molecule has 0 amide bonds. The number of hydrogen-bond donors (Lipinski definition) is 2. The number of rotatable bonds is 5. The summed E-state index contributed by atoms with van der Waals surface area (Å²) in [5.41, 5.74) is 0.489. The highest BCUT2D eigenvalue weighted by atomic mass is 16.3. The Morgan fingerprint density at radius 1 is 1.35 bits per heavy atom. The Balaban J connectivity index is 2.62. The molecule has 0 aliphatic carbocycles. The highest BCUT2D eigenvalue weighted by molar-refractivity contribution is 5.23. The summed E-state index contributed by atoms with van der Waals surface area (Å²) in [7, 11) is 0. The van der Waals surface area contributed by atoms with Crippen LogP contribution in [0.15, 0.2) is 10.5 Å². The molecule has 1 heterocycles. The third-order valence-corrected chi connectivity index (χ3v) is 3.56. The second kappa shape index (κ2) is 5.23. The lowest BCUT2D eigenvalue weighted by Gasteiger charge is -2.29. The van der Waals surface area contributed by atoms with Crippen LogP contribution in [-0.2, 0) is 0 Å². The maximum atomic E-state index is 10.2. The predicted molar refractivity (Wildman–Crippen MR) is 70.1 cm³/mol. The van der Waals surface area contributed by atoms with Crippen molar-refractivity contribution in [2.24, 2.45) is 5.92 Å². The van der Waals surface area contributed by atoms with Gasteiger partial charge in [0.05, 0.1) is 5.60 Å². The van der Waals surface area contributed by atoms with E-state index in [9.17, 15) is 5.11 Å². The van der Waals surface area contributed by atoms with Gasteiger partial charge in [-0.2, -0.15) is 0 Å². The predicted octanol–water partition coefficient (Wildman–Crippen LogP) is 2.95. The molecule has 1 aromatic heterocycles. The lowest BCUT2D eigenvalue weighted by atomic mass is 9.92. The lowest BCUT2D eigenvalue weighted by molar-refractivity contribution is 0.0121. The molecule has 2 atom stereocenters. The molecule has 2 N–H and O–H groups in total. The Morgan fingerprint density at radius 2 is 1.94 bits per heavy atom. The molecule has 0 aliphatic rings. The number of furan rings is 1. The zero-order chi connectivity index (χ0) is 13.2. The van der Waals surface area contributed by atoms with E-state index in [-0.39, 0.29) is 12.0 Å². The molecule has 1 rings (SSSR count). The highest BCUT2D eigenvalue weighted by Crippen LogP contribution is 2.22. The van der Waals surface area contributed by atoms with Gasteiger partial charge in [-0.3, -0.25) is 0 Å². The van der Waals surface area contributed by atoms with Gasteiger partial charge in [0.1, 0.15) is 11.5 Å². The molecule has 17 heavy (non-hydrogen) atoms. The third-order valence-electron chi connectivity index (χ3n) is 3.56. The molecule has 0 aliphatic heterocycles. The second-order valence-electron chi connectivity index (χ2n) is 5.48. The smallest absolute Gasteiger partial charge is 0.105 e. The van der Waals surface area contributed by atoms with E-state index < -0.39 is 5.60 Å². The minimum atomic E-state index is -0.680. The normalized spacial score (nSPS) is 17.2. The van der Waals surface area contributed by atoms with Gasteiger partial charge in [0, 0.05) is 18.2 Å². The van der Waals surface area contributed by atoms with E-state index in [1.165, 1.54) is 5.56 Å². The van der Waals surface area contributed by atoms with Crippen molar-refractivity contribution in [2.75, 3.05) is 6.54 Å². The van der Waals surface area contributed by atoms with E-state index in [1.807, 2.05) is 34.6 Å². The molecule has 0 spiro atoms. The first-order valence-electron chi connectivity index (χ1n) is 6.26. The summed E-state index contributed by atoms with van der Waals surface area (Å²) in [5, 5.41) is 13.5. The maximum absolute atomic E-state index is 10.2. The minimum Gasteiger partial charge on any atom is -0.466 e. The Bertz CT molecular complexity index is 366. The Labute approximate surface area is 104 Å². The van der Waals surface area contributed by atoms with Gasteiger partial charge in [0.2, 0.25) is 0 Å². The van der Waals surface area contributed by atoms with Crippen LogP contribution in [0, 0.1) is 19.8 Å². The first-order valence-corrected chi connectivity index (χ1v) is 6.26. The zero-order valence-electron chi connectivity index (χ0n) is 11.8. The number of nitrogens with one attached hydrogen (secondary N) is 1. The monoisotopic (exact) mass is 239 g/mol. The summed E-state index contributed by atoms with van der Waals surface area (Å²) in [6, 6.07) is 2.24. The van der Waals surface area contributed by atoms with Crippen molar-refractivity contribution in [1.29, 1.82) is 0 Å². The molecule has 1 aromatic rings. The number of aryl methyl sites for hydroxylation is 2. The van der Waals surface area contributed by atoms with Gasteiger partial charge in [0.25, 0.3) is 0 Å². The maximum Gasteiger partial charge on any atom is 0.105 e. The molecule has 0 bridgehead atoms. The molecule has 0 saturated heterocycles. The fourth-order valence-corrected chi connectivity index (χ4v) is 1.75. The summed E-state index contributed by atoms with van der Waals surface area (Å²) >= 11 is 0. The Kier molecular flexibility index (Phi) is 4.39. The van der Waals surface area contributed by atoms with Gasteiger partial charge in [-0.25, -0.2) is 0 Å². The molecular weight excluding hydrogens is 214 g/mol. The van der Waals surface area contributed by atoms with Crippen LogP contribution in [0.2, 0.25) is 0 Å². The van der Waals surface area contributed by atoms with E-state index in [1.54, 1.807) is 0 Å². The molecule has 98 valence electrons. The van der Waals surface area contributed by atoms with E-state index in [4.69, 9.17) is 4.42 Å². The van der Waals surface area contributed by atoms with Gasteiger partial charge >= 0.3 is 0 Å². The van der Waals surface area contributed by atoms with Crippen LogP contribution in [0.5, 0.6) is 0 Å². The average molecular weight is 239 g/mol. The van der Waals surface area contributed by atoms with Crippen LogP contribution in [0.3, 0.4) is 0 Å². The SMILES string of the molecule is Cc1cc(C(C)NCC(C)(O)C(C)C)c(C)o1. The summed E-state index contributed by atoms with van der Waals surface area (Å²) in [6.07, 6.45) is 0. The molecule has 0 radical (unpaired) electrons. The summed E-state index contributed by atoms with van der Waals surface area (Å²) < 4.78 is 5.51. The van der Waals surface area contributed by atoms with Crippen LogP contribution in [-0.4, -0.2) is 17.3 Å². The van der Waals surface area contributed by atoms with Crippen molar-refractivity contribution in [1.82, 2.24) is 5.32 Å². The van der Waals surface area contributed by atoms with Gasteiger partial charge in [-0.15, -0.1) is 0 Å². The standard InChI is InChI=1S/C14H25NO2/c1-9(2)14(6,16)8-15-11(4)13-7-10(3)17-12(13)5/h7,9,11,15-16H,8H2,1-6H3. The van der Waals surface area contributed by atoms with E-state index >= 15 is 0 Å². The van der Waals surface area contributed by atoms with Crippen LogP contribution in [0.4, 0.5) is 0 Å². The largest absolute Gasteiger partial charge is 0.466 e. The molecule has 2 unspecified atom stereocenters. The highest BCUT2D eigenvalue weighted by Gasteiger charge is 2.25. The molecule has 0 saturated carbocycles. The lowest BCUT2D eigenvalue weighted by Crippen LogP contribution is -2.43. The zero-order valence-corrected chi connectivity index (χ0v) is 11.8. The van der Waals surface area contributed by atoms with Crippen molar-refractivity contribution >= 4 is 0 Å². The van der Waals surface area contributed by atoms with Crippen LogP contribution < -0.4 is 5.32 Å². The van der Waals surface area contributed by atoms with E-state index in [2.05, 4.69) is 18.3 Å². The summed E-state index contributed by atoms with van der Waals surface area (Å²) in [5.74, 6) is 2.11. The van der Waals surface area contributed by atoms with Crippen molar-refractivity contribution < 1.29 is 9.52 Å². The van der Waals surface area contributed by atoms with Crippen LogP contribution >= 0.6 is 0 Å². The molecule has 0 aromatic carbocycles. The first kappa shape index (κ1) is 14.3. The van der Waals surface area contributed by atoms with Crippen molar-refractivity contribution in [3.63, 3.8) is 0 Å². The van der Waals surface area contributed by atoms with Crippen LogP contribution in [0.25, 0.3) is 0 Å². The van der Waals surface area contributed by atoms with Crippen molar-refractivity contribution in [2.45, 2.75) is 53.2 Å². The summed E-state index contributed by atoms with van der Waals surface area (Å²) in [6.45, 7) is 12.5. The van der Waals surface area contributed by atoms with E-state index in [0.717, 1.165) is 11.5 Å². The fraction of sp³-hybridized carbons (Fsp3) is 0.714. The second-order valence-corrected chi connectivity index (χ2v) is 5.48. The first-order chi connectivity index (χ1) is 7.74. The average Bonchev–Trinajstić information content (AvgIpc) is 2.54. The number of hydrogen-bond acceptors (Lipinski definition) is 3. The minimum absolute atomic E-state index is 0.192. The van der Waals surface area contributed by atoms with Gasteiger partial charge in [-0.1, -0.05) is 13.8 Å². The van der Waals surface area contributed by atoms with Crippen molar-refractivity contribution in [3.05, 3.63) is 23.2 Å². The topological polar surface area (TPSA) is 45.4 Å². The van der Waals surface area contributed by atoms with Gasteiger partial charge < -0.3 is 14.8 Å². The van der Waals surface area contributed by atoms with E-state index in [0.29, 0.717) is 6.54 Å². The van der Waals surface area contributed by atoms with Crippen LogP contribution in [0.1, 0.15) is 50.8 Å². The quantitative estimate of drug-likeness (QED) is 0.830. The number of aliphatic hydroxyl groups is 1. The van der Waals surface area contributed by atoms with Gasteiger partial charge in [0.15, 0.2) is 0 Å². The third kappa shape index (κ3) is 3.58. The molecular formula is C14H25NO2. The Hall–Kier alpha value is -0.800. The fourth-order valence-electron chi connectivity index (χ4n) is 1.75. The molecule has 0 fully saturated rings. The molecule has 3 heteroatoms.